The molecule has 1 saturated heterocycles. The molecule has 2 atom stereocenters. The Morgan fingerprint density at radius 2 is 2.33 bits per heavy atom. The van der Waals surface area contributed by atoms with Crippen molar-refractivity contribution in [1.82, 2.24) is 0 Å². The summed E-state index contributed by atoms with van der Waals surface area (Å²) in [5.74, 6) is -0.313. The van der Waals surface area contributed by atoms with E-state index in [1.54, 1.807) is 13.0 Å². The highest BCUT2D eigenvalue weighted by Gasteiger charge is 2.31. The summed E-state index contributed by atoms with van der Waals surface area (Å²) in [4.78, 5) is 11.5. The Bertz CT molecular complexity index is 370. The molecule has 18 heavy (non-hydrogen) atoms. The van der Waals surface area contributed by atoms with Gasteiger partial charge in [-0.05, 0) is 39.0 Å². The van der Waals surface area contributed by atoms with Gasteiger partial charge in [0.25, 0.3) is 0 Å². The van der Waals surface area contributed by atoms with E-state index < -0.39 is 5.97 Å². The molecular weight excluding hydrogens is 230 g/mol. The van der Waals surface area contributed by atoms with E-state index in [4.69, 9.17) is 14.7 Å². The maximum atomic E-state index is 11.5. The summed E-state index contributed by atoms with van der Waals surface area (Å²) < 4.78 is 10.6. The molecule has 1 aliphatic rings. The number of rotatable bonds is 4. The summed E-state index contributed by atoms with van der Waals surface area (Å²) >= 11 is 0. The Morgan fingerprint density at radius 1 is 1.61 bits per heavy atom. The summed E-state index contributed by atoms with van der Waals surface area (Å²) in [6.45, 7) is 6.85. The second kappa shape index (κ2) is 6.55. The van der Waals surface area contributed by atoms with Crippen LogP contribution in [0.4, 0.5) is 0 Å². The van der Waals surface area contributed by atoms with E-state index in [-0.39, 0.29) is 23.7 Å². The molecule has 1 heterocycles. The maximum Gasteiger partial charge on any atom is 0.348 e. The van der Waals surface area contributed by atoms with Crippen molar-refractivity contribution in [2.24, 2.45) is 5.92 Å². The maximum absolute atomic E-state index is 11.5. The van der Waals surface area contributed by atoms with Gasteiger partial charge in [-0.3, -0.25) is 0 Å². The topological polar surface area (TPSA) is 59.3 Å². The quantitative estimate of drug-likeness (QED) is 0.438. The van der Waals surface area contributed by atoms with Crippen molar-refractivity contribution in [3.05, 3.63) is 11.6 Å². The lowest BCUT2D eigenvalue weighted by Gasteiger charge is -2.36. The number of nitrogens with zero attached hydrogens (tertiary/aromatic N) is 1. The molecule has 2 unspecified atom stereocenters. The van der Waals surface area contributed by atoms with E-state index in [9.17, 15) is 4.79 Å². The molecule has 0 aromatic rings. The van der Waals surface area contributed by atoms with Crippen molar-refractivity contribution in [2.45, 2.75) is 45.6 Å². The van der Waals surface area contributed by atoms with E-state index in [0.717, 1.165) is 19.3 Å². The van der Waals surface area contributed by atoms with Gasteiger partial charge in [0.1, 0.15) is 11.6 Å². The Hall–Kier alpha value is -1.34. The van der Waals surface area contributed by atoms with Crippen LogP contribution in [0.25, 0.3) is 0 Å². The molecule has 1 fully saturated rings. The first-order chi connectivity index (χ1) is 8.54. The van der Waals surface area contributed by atoms with Crippen LogP contribution in [0.5, 0.6) is 0 Å². The van der Waals surface area contributed by atoms with Gasteiger partial charge in [-0.1, -0.05) is 13.0 Å². The van der Waals surface area contributed by atoms with E-state index in [0.29, 0.717) is 6.61 Å². The first-order valence-electron chi connectivity index (χ1n) is 6.47. The van der Waals surface area contributed by atoms with Crippen LogP contribution in [0.3, 0.4) is 0 Å². The van der Waals surface area contributed by atoms with Crippen LogP contribution < -0.4 is 0 Å². The Balaban J connectivity index is 2.74. The van der Waals surface area contributed by atoms with Crippen molar-refractivity contribution in [1.29, 1.82) is 5.26 Å². The second-order valence-electron chi connectivity index (χ2n) is 4.82. The summed E-state index contributed by atoms with van der Waals surface area (Å²) in [5, 5.41) is 8.99. The van der Waals surface area contributed by atoms with Crippen LogP contribution in [-0.4, -0.2) is 24.8 Å². The standard InChI is InChI=1S/C14H21NO3/c1-4-14(3)9-11(6-7-18-14)8-12(10-15)13(16)17-5-2/h8,11H,4-7,9H2,1-3H3/b12-8+. The third kappa shape index (κ3) is 3.85. The van der Waals surface area contributed by atoms with Gasteiger partial charge in [-0.25, -0.2) is 4.79 Å². The Labute approximate surface area is 109 Å². The van der Waals surface area contributed by atoms with E-state index in [2.05, 4.69) is 13.8 Å². The number of carbonyl (C=O) groups excluding carboxylic acids is 1. The summed E-state index contributed by atoms with van der Waals surface area (Å²) in [6.07, 6.45) is 4.36. The van der Waals surface area contributed by atoms with Crippen LogP contribution in [0.1, 0.15) is 40.0 Å². The van der Waals surface area contributed by atoms with Crippen LogP contribution in [0.15, 0.2) is 11.6 Å². The molecule has 0 aromatic carbocycles. The summed E-state index contributed by atoms with van der Waals surface area (Å²) in [7, 11) is 0. The molecule has 0 N–H and O–H groups in total. The molecule has 4 nitrogen and oxygen atoms in total. The van der Waals surface area contributed by atoms with Gasteiger partial charge < -0.3 is 9.47 Å². The van der Waals surface area contributed by atoms with Gasteiger partial charge in [0.05, 0.1) is 12.2 Å². The number of hydrogen-bond acceptors (Lipinski definition) is 4. The van der Waals surface area contributed by atoms with Crippen molar-refractivity contribution >= 4 is 5.97 Å². The molecule has 0 saturated carbocycles. The molecule has 4 heteroatoms. The third-order valence-corrected chi connectivity index (χ3v) is 3.40. The van der Waals surface area contributed by atoms with Gasteiger partial charge in [-0.2, -0.15) is 5.26 Å². The second-order valence-corrected chi connectivity index (χ2v) is 4.82. The highest BCUT2D eigenvalue weighted by molar-refractivity contribution is 5.92. The molecule has 0 radical (unpaired) electrons. The predicted molar refractivity (Wildman–Crippen MR) is 67.7 cm³/mol. The monoisotopic (exact) mass is 251 g/mol. The van der Waals surface area contributed by atoms with E-state index in [1.165, 1.54) is 0 Å². The average molecular weight is 251 g/mol. The molecule has 1 aliphatic heterocycles. The Morgan fingerprint density at radius 3 is 2.89 bits per heavy atom. The van der Waals surface area contributed by atoms with Crippen molar-refractivity contribution in [3.8, 4) is 6.07 Å². The number of esters is 1. The fraction of sp³-hybridized carbons (Fsp3) is 0.714. The summed E-state index contributed by atoms with van der Waals surface area (Å²) in [6, 6.07) is 1.93. The fourth-order valence-electron chi connectivity index (χ4n) is 2.16. The number of hydrogen-bond donors (Lipinski definition) is 0. The smallest absolute Gasteiger partial charge is 0.348 e. The van der Waals surface area contributed by atoms with E-state index >= 15 is 0 Å². The lowest BCUT2D eigenvalue weighted by atomic mass is 9.84. The molecule has 0 aliphatic carbocycles. The van der Waals surface area contributed by atoms with Crippen molar-refractivity contribution in [2.75, 3.05) is 13.2 Å². The molecular formula is C14H21NO3. The zero-order valence-corrected chi connectivity index (χ0v) is 11.4. The molecule has 1 rings (SSSR count). The van der Waals surface area contributed by atoms with Gasteiger partial charge in [0.15, 0.2) is 0 Å². The summed E-state index contributed by atoms with van der Waals surface area (Å²) in [5.41, 5.74) is -0.0311. The number of ether oxygens (including phenoxy) is 2. The molecule has 100 valence electrons. The lowest BCUT2D eigenvalue weighted by Crippen LogP contribution is -2.36. The first kappa shape index (κ1) is 14.7. The van der Waals surface area contributed by atoms with Gasteiger partial charge >= 0.3 is 5.97 Å². The first-order valence-corrected chi connectivity index (χ1v) is 6.47. The van der Waals surface area contributed by atoms with Gasteiger partial charge in [0.2, 0.25) is 0 Å². The molecule has 0 amide bonds. The molecule has 0 bridgehead atoms. The minimum Gasteiger partial charge on any atom is -0.462 e. The highest BCUT2D eigenvalue weighted by Crippen LogP contribution is 2.32. The van der Waals surface area contributed by atoms with Crippen molar-refractivity contribution < 1.29 is 14.3 Å². The molecule has 0 aromatic heterocycles. The van der Waals surface area contributed by atoms with Gasteiger partial charge in [0, 0.05) is 6.61 Å². The SMILES string of the molecule is CCOC(=O)/C(C#N)=C/C1CCOC(C)(CC)C1. The minimum absolute atomic E-state index is 0.113. The number of nitriles is 1. The highest BCUT2D eigenvalue weighted by atomic mass is 16.5. The third-order valence-electron chi connectivity index (χ3n) is 3.40. The fourth-order valence-corrected chi connectivity index (χ4v) is 2.16. The number of allylic oxidation sites excluding steroid dienone is 1. The predicted octanol–water partition coefficient (Wildman–Crippen LogP) is 2.59. The average Bonchev–Trinajstić information content (AvgIpc) is 2.36. The van der Waals surface area contributed by atoms with Crippen LogP contribution in [0, 0.1) is 17.2 Å². The normalized spacial score (nSPS) is 28.6. The number of carbonyl (C=O) groups is 1. The lowest BCUT2D eigenvalue weighted by molar-refractivity contribution is -0.138. The Kier molecular flexibility index (Phi) is 5.36. The van der Waals surface area contributed by atoms with Crippen LogP contribution in [0.2, 0.25) is 0 Å². The zero-order chi connectivity index (χ0) is 13.6. The molecule has 0 spiro atoms. The zero-order valence-electron chi connectivity index (χ0n) is 11.4. The minimum atomic E-state index is -0.523. The van der Waals surface area contributed by atoms with Crippen LogP contribution >= 0.6 is 0 Å². The van der Waals surface area contributed by atoms with Crippen LogP contribution in [-0.2, 0) is 14.3 Å². The largest absolute Gasteiger partial charge is 0.462 e. The van der Waals surface area contributed by atoms with Gasteiger partial charge in [-0.15, -0.1) is 0 Å². The van der Waals surface area contributed by atoms with E-state index in [1.807, 2.05) is 6.07 Å². The van der Waals surface area contributed by atoms with Crippen molar-refractivity contribution in [3.63, 3.8) is 0 Å².